The standard InChI is InChI=1S/C34H70N4O3/c1-3-5-7-9-11-13-15-17-19-21-25-36-33(40)23-29-38(31-27-35-28-32-39)30-24-34(41)37-26-22-20-18-16-14-12-10-8-6-4-2/h35,39H,3-32H2,1-2H3,(H,36,40)(H,37,41). The van der Waals surface area contributed by atoms with Gasteiger partial charge in [-0.25, -0.2) is 0 Å². The van der Waals surface area contributed by atoms with Crippen molar-refractivity contribution in [2.24, 2.45) is 0 Å². The molecule has 0 bridgehead atoms. The van der Waals surface area contributed by atoms with Gasteiger partial charge in [-0.3, -0.25) is 9.59 Å². The Morgan fingerprint density at radius 3 is 1.22 bits per heavy atom. The van der Waals surface area contributed by atoms with E-state index in [0.29, 0.717) is 32.5 Å². The Kier molecular flexibility index (Phi) is 32.4. The second kappa shape index (κ2) is 33.3. The molecule has 0 aromatic heterocycles. The fourth-order valence-electron chi connectivity index (χ4n) is 5.15. The zero-order chi connectivity index (χ0) is 30.1. The van der Waals surface area contributed by atoms with Crippen LogP contribution in [0.25, 0.3) is 0 Å². The second-order valence-corrected chi connectivity index (χ2v) is 11.9. The van der Waals surface area contributed by atoms with Crippen LogP contribution in [0.2, 0.25) is 0 Å². The van der Waals surface area contributed by atoms with Crippen molar-refractivity contribution < 1.29 is 14.7 Å². The number of amides is 2. The minimum atomic E-state index is 0.0969. The predicted molar refractivity (Wildman–Crippen MR) is 175 cm³/mol. The van der Waals surface area contributed by atoms with E-state index in [0.717, 1.165) is 39.0 Å². The Labute approximate surface area is 254 Å². The van der Waals surface area contributed by atoms with E-state index in [-0.39, 0.29) is 18.4 Å². The highest BCUT2D eigenvalue weighted by molar-refractivity contribution is 5.76. The van der Waals surface area contributed by atoms with Crippen LogP contribution in [0.1, 0.15) is 155 Å². The number of carbonyl (C=O) groups is 2. The molecule has 7 heteroatoms. The molecule has 244 valence electrons. The summed E-state index contributed by atoms with van der Waals surface area (Å²) in [5.74, 6) is 0.194. The van der Waals surface area contributed by atoms with Gasteiger partial charge in [0.05, 0.1) is 6.61 Å². The zero-order valence-electron chi connectivity index (χ0n) is 27.4. The number of nitrogens with zero attached hydrogens (tertiary/aromatic N) is 1. The van der Waals surface area contributed by atoms with E-state index in [2.05, 4.69) is 34.7 Å². The molecule has 0 aliphatic rings. The van der Waals surface area contributed by atoms with E-state index < -0.39 is 0 Å². The van der Waals surface area contributed by atoms with Crippen LogP contribution in [0, 0.1) is 0 Å². The predicted octanol–water partition coefficient (Wildman–Crippen LogP) is 6.72. The van der Waals surface area contributed by atoms with Crippen molar-refractivity contribution in [1.82, 2.24) is 20.9 Å². The van der Waals surface area contributed by atoms with Crippen molar-refractivity contribution in [2.45, 2.75) is 155 Å². The third kappa shape index (κ3) is 31.6. The molecule has 0 saturated carbocycles. The molecule has 0 unspecified atom stereocenters. The van der Waals surface area contributed by atoms with Crippen molar-refractivity contribution in [1.29, 1.82) is 0 Å². The SMILES string of the molecule is CCCCCCCCCCCCNC(=O)CCN(CCNCCO)CCC(=O)NCCCCCCCCCCCC. The maximum atomic E-state index is 12.4. The first kappa shape index (κ1) is 39.8. The van der Waals surface area contributed by atoms with Gasteiger partial charge < -0.3 is 26.0 Å². The summed E-state index contributed by atoms with van der Waals surface area (Å²) in [4.78, 5) is 27.0. The number of aliphatic hydroxyl groups is 1. The molecule has 0 radical (unpaired) electrons. The molecule has 0 atom stereocenters. The molecule has 0 aliphatic heterocycles. The molecule has 0 saturated heterocycles. The fraction of sp³-hybridized carbons (Fsp3) is 0.941. The number of aliphatic hydroxyl groups excluding tert-OH is 1. The van der Waals surface area contributed by atoms with Gasteiger partial charge in [0.25, 0.3) is 0 Å². The summed E-state index contributed by atoms with van der Waals surface area (Å²) in [6.07, 6.45) is 26.8. The monoisotopic (exact) mass is 583 g/mol. The number of hydrogen-bond acceptors (Lipinski definition) is 5. The van der Waals surface area contributed by atoms with Gasteiger partial charge in [-0.1, -0.05) is 129 Å². The summed E-state index contributed by atoms with van der Waals surface area (Å²) in [6.45, 7) is 9.51. The van der Waals surface area contributed by atoms with E-state index >= 15 is 0 Å². The number of carbonyl (C=O) groups excluding carboxylic acids is 2. The normalized spacial score (nSPS) is 11.3. The van der Waals surface area contributed by atoms with Gasteiger partial charge in [0.15, 0.2) is 0 Å². The van der Waals surface area contributed by atoms with Crippen molar-refractivity contribution in [3.63, 3.8) is 0 Å². The summed E-state index contributed by atoms with van der Waals surface area (Å²) >= 11 is 0. The van der Waals surface area contributed by atoms with Crippen molar-refractivity contribution in [3.8, 4) is 0 Å². The molecule has 0 aromatic carbocycles. The summed E-state index contributed by atoms with van der Waals surface area (Å²) in [5.41, 5.74) is 0. The maximum absolute atomic E-state index is 12.4. The van der Waals surface area contributed by atoms with Crippen LogP contribution in [-0.4, -0.2) is 74.2 Å². The number of unbranched alkanes of at least 4 members (excludes halogenated alkanes) is 18. The first-order chi connectivity index (χ1) is 20.1. The Bertz CT molecular complexity index is 520. The number of hydrogen-bond donors (Lipinski definition) is 4. The zero-order valence-corrected chi connectivity index (χ0v) is 27.4. The van der Waals surface area contributed by atoms with Gasteiger partial charge in [-0.2, -0.15) is 0 Å². The maximum Gasteiger partial charge on any atom is 0.221 e. The Hall–Kier alpha value is -1.18. The molecule has 0 aromatic rings. The van der Waals surface area contributed by atoms with Gasteiger partial charge >= 0.3 is 0 Å². The van der Waals surface area contributed by atoms with Crippen LogP contribution in [0.4, 0.5) is 0 Å². The van der Waals surface area contributed by atoms with Gasteiger partial charge in [-0.05, 0) is 12.8 Å². The van der Waals surface area contributed by atoms with Crippen LogP contribution < -0.4 is 16.0 Å². The number of nitrogens with one attached hydrogen (secondary N) is 3. The largest absolute Gasteiger partial charge is 0.395 e. The highest BCUT2D eigenvalue weighted by atomic mass is 16.3. The van der Waals surface area contributed by atoms with E-state index in [9.17, 15) is 9.59 Å². The molecule has 0 spiro atoms. The quantitative estimate of drug-likeness (QED) is 0.0644. The smallest absolute Gasteiger partial charge is 0.221 e. The van der Waals surface area contributed by atoms with E-state index in [1.807, 2.05) is 0 Å². The van der Waals surface area contributed by atoms with E-state index in [1.165, 1.54) is 116 Å². The molecule has 2 amide bonds. The molecule has 0 aliphatic carbocycles. The average molecular weight is 583 g/mol. The minimum Gasteiger partial charge on any atom is -0.395 e. The van der Waals surface area contributed by atoms with Crippen LogP contribution in [-0.2, 0) is 9.59 Å². The van der Waals surface area contributed by atoms with Crippen molar-refractivity contribution in [3.05, 3.63) is 0 Å². The first-order valence-electron chi connectivity index (χ1n) is 17.7. The lowest BCUT2D eigenvalue weighted by Crippen LogP contribution is -2.38. The molecule has 41 heavy (non-hydrogen) atoms. The summed E-state index contributed by atoms with van der Waals surface area (Å²) in [7, 11) is 0. The van der Waals surface area contributed by atoms with Crippen LogP contribution >= 0.6 is 0 Å². The average Bonchev–Trinajstić information content (AvgIpc) is 2.97. The van der Waals surface area contributed by atoms with Gasteiger partial charge in [0, 0.05) is 58.7 Å². The summed E-state index contributed by atoms with van der Waals surface area (Å²) in [6, 6.07) is 0. The van der Waals surface area contributed by atoms with E-state index in [1.54, 1.807) is 0 Å². The fourth-order valence-corrected chi connectivity index (χ4v) is 5.15. The molecular weight excluding hydrogens is 512 g/mol. The third-order valence-corrected chi connectivity index (χ3v) is 7.91. The lowest BCUT2D eigenvalue weighted by atomic mass is 10.1. The van der Waals surface area contributed by atoms with Crippen molar-refractivity contribution in [2.75, 3.05) is 52.4 Å². The molecule has 7 nitrogen and oxygen atoms in total. The molecule has 4 N–H and O–H groups in total. The molecule has 0 heterocycles. The van der Waals surface area contributed by atoms with Gasteiger partial charge in [-0.15, -0.1) is 0 Å². The van der Waals surface area contributed by atoms with Crippen molar-refractivity contribution >= 4 is 11.8 Å². The Morgan fingerprint density at radius 1 is 0.488 bits per heavy atom. The number of rotatable bonds is 33. The Morgan fingerprint density at radius 2 is 0.854 bits per heavy atom. The first-order valence-corrected chi connectivity index (χ1v) is 17.7. The van der Waals surface area contributed by atoms with E-state index in [4.69, 9.17) is 5.11 Å². The second-order valence-electron chi connectivity index (χ2n) is 11.9. The van der Waals surface area contributed by atoms with Crippen LogP contribution in [0.15, 0.2) is 0 Å². The van der Waals surface area contributed by atoms with Gasteiger partial charge in [0.2, 0.25) is 11.8 Å². The third-order valence-electron chi connectivity index (χ3n) is 7.91. The highest BCUT2D eigenvalue weighted by Gasteiger charge is 2.11. The minimum absolute atomic E-state index is 0.0969. The summed E-state index contributed by atoms with van der Waals surface area (Å²) < 4.78 is 0. The topological polar surface area (TPSA) is 93.7 Å². The molecule has 0 fully saturated rings. The van der Waals surface area contributed by atoms with Gasteiger partial charge in [0.1, 0.15) is 0 Å². The van der Waals surface area contributed by atoms with Crippen LogP contribution in [0.5, 0.6) is 0 Å². The summed E-state index contributed by atoms with van der Waals surface area (Å²) in [5, 5.41) is 18.4. The highest BCUT2D eigenvalue weighted by Crippen LogP contribution is 2.11. The van der Waals surface area contributed by atoms with Crippen LogP contribution in [0.3, 0.4) is 0 Å². The molecular formula is C34H70N4O3. The lowest BCUT2D eigenvalue weighted by molar-refractivity contribution is -0.121. The molecule has 0 rings (SSSR count). The Balaban J connectivity index is 3.92. The lowest BCUT2D eigenvalue weighted by Gasteiger charge is -2.22.